The van der Waals surface area contributed by atoms with Crippen molar-refractivity contribution < 1.29 is 55.2 Å². The van der Waals surface area contributed by atoms with Crippen LogP contribution in [0.15, 0.2) is 86.7 Å². The van der Waals surface area contributed by atoms with Gasteiger partial charge in [-0.25, -0.2) is 0 Å². The summed E-state index contributed by atoms with van der Waals surface area (Å²) in [5, 5.41) is 34.9. The van der Waals surface area contributed by atoms with Gasteiger partial charge in [0.2, 0.25) is 5.91 Å². The van der Waals surface area contributed by atoms with E-state index in [0.717, 1.165) is 49.1 Å². The van der Waals surface area contributed by atoms with Crippen molar-refractivity contribution in [3.63, 3.8) is 0 Å². The van der Waals surface area contributed by atoms with Crippen LogP contribution in [0.2, 0.25) is 5.02 Å². The molecule has 0 saturated heterocycles. The number of azo groups is 1. The van der Waals surface area contributed by atoms with Gasteiger partial charge >= 0.3 is 0 Å². The number of hydrogen-bond donors (Lipinski definition) is 6. The summed E-state index contributed by atoms with van der Waals surface area (Å²) in [6.07, 6.45) is 1.02. The number of aromatic hydroxyl groups is 2. The number of phenols is 2. The van der Waals surface area contributed by atoms with Gasteiger partial charge in [0, 0.05) is 29.5 Å². The molecule has 0 aliphatic rings. The molecule has 0 spiro atoms. The van der Waals surface area contributed by atoms with Gasteiger partial charge in [-0.15, -0.1) is 10.2 Å². The first-order chi connectivity index (χ1) is 29.7. The molecule has 6 N–H and O–H groups in total. The van der Waals surface area contributed by atoms with E-state index in [1.165, 1.54) is 24.3 Å². The van der Waals surface area contributed by atoms with Gasteiger partial charge < -0.3 is 30.3 Å². The van der Waals surface area contributed by atoms with Crippen LogP contribution in [0.5, 0.6) is 28.7 Å². The second-order valence-electron chi connectivity index (χ2n) is 16.4. The van der Waals surface area contributed by atoms with E-state index in [4.69, 9.17) is 21.1 Å². The number of nitrogens with one attached hydrogen (secondary N) is 2. The van der Waals surface area contributed by atoms with E-state index in [0.29, 0.717) is 5.75 Å². The molecule has 1 atom stereocenters. The predicted octanol–water partition coefficient (Wildman–Crippen LogP) is 11.0. The Morgan fingerprint density at radius 1 is 0.781 bits per heavy atom. The first-order valence-corrected chi connectivity index (χ1v) is 23.4. The molecule has 19 heteroatoms. The van der Waals surface area contributed by atoms with Crippen LogP contribution in [0.4, 0.5) is 22.7 Å². The van der Waals surface area contributed by atoms with Crippen molar-refractivity contribution in [1.29, 1.82) is 0 Å². The molecule has 64 heavy (non-hydrogen) atoms. The van der Waals surface area contributed by atoms with Gasteiger partial charge in [-0.05, 0) is 84.4 Å². The van der Waals surface area contributed by atoms with Crippen LogP contribution in [-0.2, 0) is 40.7 Å². The highest BCUT2D eigenvalue weighted by atomic mass is 35.5. The maximum Gasteiger partial charge on any atom is 0.296 e. The second-order valence-corrected chi connectivity index (χ2v) is 19.6. The highest BCUT2D eigenvalue weighted by molar-refractivity contribution is 7.86. The summed E-state index contributed by atoms with van der Waals surface area (Å²) in [5.74, 6) is -2.05. The summed E-state index contributed by atoms with van der Waals surface area (Å²) in [6, 6.07) is 15.8. The first-order valence-electron chi connectivity index (χ1n) is 20.1. The molecular weight excluding hydrogens is 888 g/mol. The maximum absolute atomic E-state index is 13.9. The normalized spacial score (nSPS) is 12.9. The molecule has 0 fully saturated rings. The quantitative estimate of drug-likeness (QED) is 0.0307. The van der Waals surface area contributed by atoms with Gasteiger partial charge in [0.1, 0.15) is 27.8 Å². The summed E-state index contributed by atoms with van der Waals surface area (Å²) in [5.41, 5.74) is 0.704. The number of carbonyl (C=O) groups excluding carboxylic acids is 2. The Morgan fingerprint density at radius 3 is 2.03 bits per heavy atom. The summed E-state index contributed by atoms with van der Waals surface area (Å²) in [4.78, 5) is 24.2. The maximum atomic E-state index is 13.9. The van der Waals surface area contributed by atoms with Crippen molar-refractivity contribution in [3.8, 4) is 28.7 Å². The average Bonchev–Trinajstić information content (AvgIpc) is 3.22. The molecule has 5 rings (SSSR count). The Bertz CT molecular complexity index is 2920. The largest absolute Gasteiger partial charge is 0.505 e. The van der Waals surface area contributed by atoms with Crippen LogP contribution in [0, 0.1) is 6.92 Å². The fourth-order valence-corrected chi connectivity index (χ4v) is 8.01. The van der Waals surface area contributed by atoms with Crippen LogP contribution >= 0.6 is 11.6 Å². The highest BCUT2D eigenvalue weighted by Crippen LogP contribution is 2.47. The third-order valence-corrected chi connectivity index (χ3v) is 13.4. The van der Waals surface area contributed by atoms with E-state index in [-0.39, 0.29) is 67.2 Å². The lowest BCUT2D eigenvalue weighted by atomic mass is 9.76. The number of amides is 2. The van der Waals surface area contributed by atoms with Crippen molar-refractivity contribution in [2.45, 2.75) is 108 Å². The number of ether oxygens (including phenoxy) is 2. The van der Waals surface area contributed by atoms with E-state index >= 15 is 0 Å². The van der Waals surface area contributed by atoms with Crippen molar-refractivity contribution >= 4 is 77.2 Å². The molecule has 0 heterocycles. The van der Waals surface area contributed by atoms with Gasteiger partial charge in [0.05, 0.1) is 21.3 Å². The SMILES string of the molecule is CCC(Oc1ccc(C(C)(C)CC)cc1C(C)(C)CC)C(=O)Nc1cc(Oc2ccccc2N=Nc2c(S(=O)(=O)O)cc3cc(S(=O)(=O)O)cc(NC(C)=O)c3c2O)c(C)c(Cl)c1O. The lowest BCUT2D eigenvalue weighted by molar-refractivity contribution is -0.123. The van der Waals surface area contributed by atoms with Crippen LogP contribution in [0.1, 0.15) is 91.3 Å². The van der Waals surface area contributed by atoms with Crippen molar-refractivity contribution in [3.05, 3.63) is 88.4 Å². The van der Waals surface area contributed by atoms with E-state index in [1.807, 2.05) is 12.1 Å². The number of para-hydroxylation sites is 1. The topological polar surface area (TPSA) is 251 Å². The van der Waals surface area contributed by atoms with Crippen LogP contribution in [0.25, 0.3) is 10.8 Å². The summed E-state index contributed by atoms with van der Waals surface area (Å²) in [6.45, 7) is 17.2. The number of fused-ring (bicyclic) bond motifs is 1. The standard InChI is InChI=1S/C45H51ClN4O12S2/c1-10-33(61-34-18-17-27(44(6,7)11-2)21-29(34)45(8,9)12-3)43(54)48-32-23-36(24(4)39(46)41(32)52)62-35-16-14-13-15-30(35)49-50-40-37(64(58,59)60)20-26-19-28(63(55,56)57)22-31(47-25(5)51)38(26)42(40)53/h13-23,33,52-53H,10-12H2,1-9H3,(H,47,51)(H,48,54)(H,55,56,57)(H,58,59,60). The molecule has 0 aliphatic carbocycles. The average molecular weight is 940 g/mol. The number of rotatable bonds is 16. The molecule has 2 amide bonds. The van der Waals surface area contributed by atoms with E-state index in [9.17, 15) is 45.7 Å². The molecule has 1 unspecified atom stereocenters. The number of phenolic OH excluding ortho intramolecular Hbond substituents is 2. The van der Waals surface area contributed by atoms with Gasteiger partial charge in [0.15, 0.2) is 23.4 Å². The van der Waals surface area contributed by atoms with E-state index in [2.05, 4.69) is 68.5 Å². The molecular formula is C45H51ClN4O12S2. The van der Waals surface area contributed by atoms with Gasteiger partial charge in [-0.2, -0.15) is 16.8 Å². The summed E-state index contributed by atoms with van der Waals surface area (Å²) >= 11 is 6.58. The number of carbonyl (C=O) groups is 2. The van der Waals surface area contributed by atoms with E-state index < -0.39 is 65.1 Å². The predicted molar refractivity (Wildman–Crippen MR) is 245 cm³/mol. The molecule has 0 saturated carbocycles. The van der Waals surface area contributed by atoms with Crippen LogP contribution < -0.4 is 20.1 Å². The third kappa shape index (κ3) is 10.6. The van der Waals surface area contributed by atoms with Crippen molar-refractivity contribution in [2.75, 3.05) is 10.6 Å². The fraction of sp³-hybridized carbons (Fsp3) is 0.333. The Labute approximate surface area is 377 Å². The molecule has 0 aliphatic heterocycles. The van der Waals surface area contributed by atoms with Gasteiger partial charge in [-0.3, -0.25) is 18.7 Å². The minimum atomic E-state index is -5.19. The number of hydrogen-bond acceptors (Lipinski definition) is 12. The van der Waals surface area contributed by atoms with E-state index in [1.54, 1.807) is 19.9 Å². The number of halogens is 1. The summed E-state index contributed by atoms with van der Waals surface area (Å²) < 4.78 is 81.7. The molecule has 0 bridgehead atoms. The zero-order valence-corrected chi connectivity index (χ0v) is 39.1. The smallest absolute Gasteiger partial charge is 0.296 e. The minimum absolute atomic E-state index is 0.00525. The summed E-state index contributed by atoms with van der Waals surface area (Å²) in [7, 11) is -10.1. The lowest BCUT2D eigenvalue weighted by Crippen LogP contribution is -2.33. The third-order valence-electron chi connectivity index (χ3n) is 11.2. The first kappa shape index (κ1) is 49.2. The zero-order chi connectivity index (χ0) is 47.7. The lowest BCUT2D eigenvalue weighted by Gasteiger charge is -2.31. The zero-order valence-electron chi connectivity index (χ0n) is 36.7. The Kier molecular flexibility index (Phi) is 14.4. The Hall–Kier alpha value is -5.79. The number of benzene rings is 5. The number of nitrogens with zero attached hydrogens (tertiary/aromatic N) is 2. The molecule has 5 aromatic carbocycles. The molecule has 0 radical (unpaired) electrons. The fourth-order valence-electron chi connectivity index (χ4n) is 6.62. The second kappa shape index (κ2) is 18.7. The van der Waals surface area contributed by atoms with Gasteiger partial charge in [0.25, 0.3) is 26.1 Å². The molecule has 5 aromatic rings. The monoisotopic (exact) mass is 938 g/mol. The van der Waals surface area contributed by atoms with Crippen molar-refractivity contribution in [2.24, 2.45) is 10.2 Å². The van der Waals surface area contributed by atoms with Crippen LogP contribution in [-0.4, -0.2) is 54.1 Å². The number of anilines is 2. The van der Waals surface area contributed by atoms with Crippen LogP contribution in [0.3, 0.4) is 0 Å². The van der Waals surface area contributed by atoms with Gasteiger partial charge in [-0.1, -0.05) is 84.3 Å². The molecule has 16 nitrogen and oxygen atoms in total. The van der Waals surface area contributed by atoms with Crippen molar-refractivity contribution in [1.82, 2.24) is 0 Å². The minimum Gasteiger partial charge on any atom is -0.505 e. The molecule has 342 valence electrons. The Balaban J connectivity index is 1.52. The highest BCUT2D eigenvalue weighted by Gasteiger charge is 2.30. The molecule has 0 aromatic heterocycles. The Morgan fingerprint density at radius 2 is 1.44 bits per heavy atom.